The lowest BCUT2D eigenvalue weighted by Gasteiger charge is -2.02. The molecule has 15 heavy (non-hydrogen) atoms. The van der Waals surface area contributed by atoms with Gasteiger partial charge >= 0.3 is 6.03 Å². The number of carbonyl (C=O) groups is 1. The zero-order chi connectivity index (χ0) is 11.4. The fourth-order valence-corrected chi connectivity index (χ4v) is 1.65. The van der Waals surface area contributed by atoms with E-state index >= 15 is 0 Å². The summed E-state index contributed by atoms with van der Waals surface area (Å²) in [5, 5.41) is 2.60. The normalized spacial score (nSPS) is 10.2. The first-order valence-electron chi connectivity index (χ1n) is 6.30. The molecule has 0 bridgehead atoms. The highest BCUT2D eigenvalue weighted by Crippen LogP contribution is 2.08. The van der Waals surface area contributed by atoms with Gasteiger partial charge in [0.25, 0.3) is 0 Å². The fraction of sp³-hybridized carbons (Fsp3) is 0.917. The van der Waals surface area contributed by atoms with E-state index in [4.69, 9.17) is 5.73 Å². The number of nitrogens with two attached hydrogens (primary N) is 1. The molecule has 0 rings (SSSR count). The molecule has 0 spiro atoms. The highest BCUT2D eigenvalue weighted by Gasteiger charge is 1.93. The molecule has 0 unspecified atom stereocenters. The second-order valence-corrected chi connectivity index (χ2v) is 4.12. The van der Waals surface area contributed by atoms with Crippen LogP contribution < -0.4 is 11.1 Å². The molecule has 0 saturated carbocycles. The van der Waals surface area contributed by atoms with Gasteiger partial charge in [0.1, 0.15) is 0 Å². The third-order valence-corrected chi connectivity index (χ3v) is 2.58. The molecule has 0 fully saturated rings. The molecule has 3 N–H and O–H groups in total. The van der Waals surface area contributed by atoms with E-state index in [1.165, 1.54) is 51.4 Å². The van der Waals surface area contributed by atoms with Crippen molar-refractivity contribution in [3.63, 3.8) is 0 Å². The molecule has 0 aliphatic carbocycles. The van der Waals surface area contributed by atoms with E-state index < -0.39 is 6.03 Å². The van der Waals surface area contributed by atoms with E-state index in [1.54, 1.807) is 0 Å². The van der Waals surface area contributed by atoms with Gasteiger partial charge in [-0.3, -0.25) is 0 Å². The van der Waals surface area contributed by atoms with Gasteiger partial charge in [0, 0.05) is 6.54 Å². The lowest BCUT2D eigenvalue weighted by Crippen LogP contribution is -2.29. The van der Waals surface area contributed by atoms with Gasteiger partial charge in [0.05, 0.1) is 0 Å². The lowest BCUT2D eigenvalue weighted by molar-refractivity contribution is 0.248. The summed E-state index contributed by atoms with van der Waals surface area (Å²) in [5.74, 6) is 0. The predicted molar refractivity (Wildman–Crippen MR) is 64.8 cm³/mol. The van der Waals surface area contributed by atoms with Gasteiger partial charge in [-0.05, 0) is 6.42 Å². The number of primary amides is 1. The predicted octanol–water partition coefficient (Wildman–Crippen LogP) is 3.19. The Bertz CT molecular complexity index is 149. The van der Waals surface area contributed by atoms with Crippen LogP contribution in [-0.4, -0.2) is 12.6 Å². The zero-order valence-electron chi connectivity index (χ0n) is 10.1. The average molecular weight is 214 g/mol. The minimum absolute atomic E-state index is 0.408. The van der Waals surface area contributed by atoms with E-state index in [0.29, 0.717) is 0 Å². The Morgan fingerprint density at radius 3 is 1.87 bits per heavy atom. The molecule has 2 amide bonds. The number of amides is 2. The van der Waals surface area contributed by atoms with Crippen molar-refractivity contribution in [3.05, 3.63) is 0 Å². The molecule has 0 aromatic carbocycles. The standard InChI is InChI=1S/C12H26N2O/c1-2-3-4-5-6-7-8-9-10-11-14-12(13)15/h2-11H2,1H3,(H3,13,14,15). The van der Waals surface area contributed by atoms with Crippen molar-refractivity contribution in [2.45, 2.75) is 64.7 Å². The number of hydrogen-bond donors (Lipinski definition) is 2. The van der Waals surface area contributed by atoms with Gasteiger partial charge in [0.2, 0.25) is 0 Å². The van der Waals surface area contributed by atoms with Crippen LogP contribution in [0.3, 0.4) is 0 Å². The maximum Gasteiger partial charge on any atom is 0.312 e. The topological polar surface area (TPSA) is 55.1 Å². The van der Waals surface area contributed by atoms with E-state index in [1.807, 2.05) is 0 Å². The number of nitrogens with one attached hydrogen (secondary N) is 1. The van der Waals surface area contributed by atoms with E-state index in [-0.39, 0.29) is 0 Å². The third kappa shape index (κ3) is 13.3. The van der Waals surface area contributed by atoms with Gasteiger partial charge in [-0.2, -0.15) is 0 Å². The summed E-state index contributed by atoms with van der Waals surface area (Å²) in [4.78, 5) is 10.3. The molecule has 0 radical (unpaired) electrons. The van der Waals surface area contributed by atoms with Crippen molar-refractivity contribution >= 4 is 6.03 Å². The Labute approximate surface area is 93.8 Å². The van der Waals surface area contributed by atoms with Gasteiger partial charge in [-0.25, -0.2) is 4.79 Å². The van der Waals surface area contributed by atoms with Gasteiger partial charge in [0.15, 0.2) is 0 Å². The van der Waals surface area contributed by atoms with Crippen molar-refractivity contribution in [3.8, 4) is 0 Å². The Morgan fingerprint density at radius 1 is 0.933 bits per heavy atom. The van der Waals surface area contributed by atoms with Crippen LogP contribution in [0.25, 0.3) is 0 Å². The minimum Gasteiger partial charge on any atom is -0.352 e. The number of rotatable bonds is 10. The molecule has 0 heterocycles. The quantitative estimate of drug-likeness (QED) is 0.539. The molecule has 0 aromatic rings. The molecule has 3 heteroatoms. The van der Waals surface area contributed by atoms with Gasteiger partial charge < -0.3 is 11.1 Å². The molecule has 90 valence electrons. The van der Waals surface area contributed by atoms with Crippen LogP contribution in [0, 0.1) is 0 Å². The van der Waals surface area contributed by atoms with Crippen molar-refractivity contribution in [2.75, 3.05) is 6.54 Å². The molecular formula is C12H26N2O. The number of carbonyl (C=O) groups excluding carboxylic acids is 1. The van der Waals surface area contributed by atoms with Gasteiger partial charge in [-0.15, -0.1) is 0 Å². The minimum atomic E-state index is -0.408. The molecule has 0 aliphatic heterocycles. The first kappa shape index (κ1) is 14.3. The van der Waals surface area contributed by atoms with Crippen LogP contribution in [0.15, 0.2) is 0 Å². The highest BCUT2D eigenvalue weighted by atomic mass is 16.2. The Kier molecular flexibility index (Phi) is 10.8. The molecule has 0 saturated heterocycles. The fourth-order valence-electron chi connectivity index (χ4n) is 1.65. The van der Waals surface area contributed by atoms with Crippen molar-refractivity contribution in [2.24, 2.45) is 5.73 Å². The van der Waals surface area contributed by atoms with E-state index in [0.717, 1.165) is 13.0 Å². The maximum absolute atomic E-state index is 10.3. The maximum atomic E-state index is 10.3. The average Bonchev–Trinajstić information content (AvgIpc) is 2.20. The Morgan fingerprint density at radius 2 is 1.40 bits per heavy atom. The number of hydrogen-bond acceptors (Lipinski definition) is 1. The monoisotopic (exact) mass is 214 g/mol. The van der Waals surface area contributed by atoms with Crippen LogP contribution in [0.2, 0.25) is 0 Å². The zero-order valence-corrected chi connectivity index (χ0v) is 10.1. The van der Waals surface area contributed by atoms with Crippen LogP contribution in [0.5, 0.6) is 0 Å². The lowest BCUT2D eigenvalue weighted by atomic mass is 10.1. The van der Waals surface area contributed by atoms with E-state index in [9.17, 15) is 4.79 Å². The molecular weight excluding hydrogens is 188 g/mol. The smallest absolute Gasteiger partial charge is 0.312 e. The molecule has 0 aliphatic rings. The highest BCUT2D eigenvalue weighted by molar-refractivity contribution is 5.71. The summed E-state index contributed by atoms with van der Waals surface area (Å²) in [6, 6.07) is -0.408. The summed E-state index contributed by atoms with van der Waals surface area (Å²) >= 11 is 0. The Hall–Kier alpha value is -0.730. The summed E-state index contributed by atoms with van der Waals surface area (Å²) in [5.41, 5.74) is 4.95. The number of urea groups is 1. The molecule has 0 aromatic heterocycles. The second-order valence-electron chi connectivity index (χ2n) is 4.12. The molecule has 0 atom stereocenters. The summed E-state index contributed by atoms with van der Waals surface area (Å²) < 4.78 is 0. The van der Waals surface area contributed by atoms with Crippen LogP contribution in [-0.2, 0) is 0 Å². The van der Waals surface area contributed by atoms with Crippen LogP contribution in [0.4, 0.5) is 4.79 Å². The largest absolute Gasteiger partial charge is 0.352 e. The van der Waals surface area contributed by atoms with Crippen molar-refractivity contribution < 1.29 is 4.79 Å². The summed E-state index contributed by atoms with van der Waals surface area (Å²) in [7, 11) is 0. The van der Waals surface area contributed by atoms with E-state index in [2.05, 4.69) is 12.2 Å². The third-order valence-electron chi connectivity index (χ3n) is 2.58. The Balaban J connectivity index is 2.89. The van der Waals surface area contributed by atoms with Crippen molar-refractivity contribution in [1.29, 1.82) is 0 Å². The second kappa shape index (κ2) is 11.3. The van der Waals surface area contributed by atoms with Gasteiger partial charge in [-0.1, -0.05) is 58.3 Å². The summed E-state index contributed by atoms with van der Waals surface area (Å²) in [6.45, 7) is 2.97. The number of unbranched alkanes of at least 4 members (excludes halogenated alkanes) is 8. The summed E-state index contributed by atoms with van der Waals surface area (Å²) in [6.07, 6.45) is 11.7. The first-order valence-corrected chi connectivity index (χ1v) is 6.30. The van der Waals surface area contributed by atoms with Crippen LogP contribution in [0.1, 0.15) is 64.7 Å². The molecule has 3 nitrogen and oxygen atoms in total. The van der Waals surface area contributed by atoms with Crippen LogP contribution >= 0.6 is 0 Å². The van der Waals surface area contributed by atoms with Crippen molar-refractivity contribution in [1.82, 2.24) is 5.32 Å². The SMILES string of the molecule is CCCCCCCCCCCNC(N)=O. The first-order chi connectivity index (χ1) is 7.27.